The first-order valence-electron chi connectivity index (χ1n) is 6.10. The summed E-state index contributed by atoms with van der Waals surface area (Å²) in [6.45, 7) is 5.43. The molecule has 0 bridgehead atoms. The van der Waals surface area contributed by atoms with Crippen LogP contribution in [0.2, 0.25) is 0 Å². The molecule has 0 aliphatic carbocycles. The fraction of sp³-hybridized carbons (Fsp3) is 0.500. The molecule has 2 aromatic rings. The molecule has 3 N–H and O–H groups in total. The van der Waals surface area contributed by atoms with E-state index in [4.69, 9.17) is 15.3 Å². The van der Waals surface area contributed by atoms with Crippen molar-refractivity contribution in [2.45, 2.75) is 26.6 Å². The fourth-order valence-corrected chi connectivity index (χ4v) is 2.36. The number of ether oxygens (including phenoxy) is 2. The molecule has 6 nitrogen and oxygen atoms in total. The largest absolute Gasteiger partial charge is 0.376 e. The summed E-state index contributed by atoms with van der Waals surface area (Å²) >= 11 is 1.55. The highest BCUT2D eigenvalue weighted by atomic mass is 32.1. The Kier molecular flexibility index (Phi) is 5.03. The zero-order chi connectivity index (χ0) is 13.7. The summed E-state index contributed by atoms with van der Waals surface area (Å²) < 4.78 is 10.9. The SMILES string of the molecule is CC(C)OCCOCc1nc(NN)c2ccsc2n1. The molecule has 104 valence electrons. The van der Waals surface area contributed by atoms with Crippen LogP contribution >= 0.6 is 11.3 Å². The van der Waals surface area contributed by atoms with E-state index < -0.39 is 0 Å². The third-order valence-electron chi connectivity index (χ3n) is 2.42. The van der Waals surface area contributed by atoms with Crippen LogP contribution in [-0.4, -0.2) is 29.3 Å². The molecule has 0 unspecified atom stereocenters. The molecular formula is C12H18N4O2S. The number of hydrogen-bond acceptors (Lipinski definition) is 7. The van der Waals surface area contributed by atoms with E-state index in [1.165, 1.54) is 0 Å². The smallest absolute Gasteiger partial charge is 0.158 e. The zero-order valence-electron chi connectivity index (χ0n) is 11.0. The lowest BCUT2D eigenvalue weighted by Gasteiger charge is -2.08. The molecule has 0 radical (unpaired) electrons. The molecule has 2 rings (SSSR count). The number of hydrazine groups is 1. The van der Waals surface area contributed by atoms with Gasteiger partial charge in [0.05, 0.1) is 24.7 Å². The monoisotopic (exact) mass is 282 g/mol. The lowest BCUT2D eigenvalue weighted by molar-refractivity contribution is 0.0128. The number of thiophene rings is 1. The third kappa shape index (κ3) is 3.84. The van der Waals surface area contributed by atoms with Gasteiger partial charge < -0.3 is 14.9 Å². The number of rotatable bonds is 7. The van der Waals surface area contributed by atoms with Gasteiger partial charge in [-0.2, -0.15) is 0 Å². The highest BCUT2D eigenvalue weighted by Gasteiger charge is 2.08. The first kappa shape index (κ1) is 14.1. The molecule has 2 aromatic heterocycles. The van der Waals surface area contributed by atoms with Crippen LogP contribution in [-0.2, 0) is 16.1 Å². The quantitative estimate of drug-likeness (QED) is 0.458. The molecule has 0 aromatic carbocycles. The molecule has 0 saturated heterocycles. The predicted octanol–water partition coefficient (Wildman–Crippen LogP) is 1.92. The molecule has 0 spiro atoms. The number of aromatic nitrogens is 2. The van der Waals surface area contributed by atoms with Gasteiger partial charge >= 0.3 is 0 Å². The van der Waals surface area contributed by atoms with Crippen molar-refractivity contribution in [2.24, 2.45) is 5.84 Å². The Hall–Kier alpha value is -1.28. The summed E-state index contributed by atoms with van der Waals surface area (Å²) in [7, 11) is 0. The van der Waals surface area contributed by atoms with E-state index >= 15 is 0 Å². The van der Waals surface area contributed by atoms with Gasteiger partial charge in [0.15, 0.2) is 11.6 Å². The van der Waals surface area contributed by atoms with Crippen LogP contribution in [0.15, 0.2) is 11.4 Å². The maximum atomic E-state index is 5.48. The van der Waals surface area contributed by atoms with Gasteiger partial charge in [0.25, 0.3) is 0 Å². The number of nitrogen functional groups attached to an aromatic ring is 1. The second-order valence-corrected chi connectivity index (χ2v) is 5.14. The van der Waals surface area contributed by atoms with Gasteiger partial charge in [0, 0.05) is 0 Å². The van der Waals surface area contributed by atoms with E-state index in [-0.39, 0.29) is 6.10 Å². The van der Waals surface area contributed by atoms with Gasteiger partial charge in [0.1, 0.15) is 11.4 Å². The van der Waals surface area contributed by atoms with Crippen molar-refractivity contribution < 1.29 is 9.47 Å². The third-order valence-corrected chi connectivity index (χ3v) is 3.22. The molecule has 0 aliphatic rings. The van der Waals surface area contributed by atoms with Crippen molar-refractivity contribution in [3.63, 3.8) is 0 Å². The summed E-state index contributed by atoms with van der Waals surface area (Å²) in [5.41, 5.74) is 2.59. The average Bonchev–Trinajstić information content (AvgIpc) is 2.85. The highest BCUT2D eigenvalue weighted by molar-refractivity contribution is 7.16. The summed E-state index contributed by atoms with van der Waals surface area (Å²) in [6, 6.07) is 1.94. The van der Waals surface area contributed by atoms with E-state index in [0.29, 0.717) is 31.5 Å². The van der Waals surface area contributed by atoms with E-state index in [1.807, 2.05) is 25.3 Å². The molecule has 0 fully saturated rings. The van der Waals surface area contributed by atoms with E-state index in [9.17, 15) is 0 Å². The summed E-state index contributed by atoms with van der Waals surface area (Å²) in [4.78, 5) is 9.64. The standard InChI is InChI=1S/C12H18N4O2S/c1-8(2)18-5-4-17-7-10-14-11(16-13)9-3-6-19-12(9)15-10/h3,6,8H,4-5,7,13H2,1-2H3,(H,14,15,16). The Labute approximate surface area is 115 Å². The second-order valence-electron chi connectivity index (χ2n) is 4.24. The number of nitrogens with zero attached hydrogens (tertiary/aromatic N) is 2. The van der Waals surface area contributed by atoms with Crippen molar-refractivity contribution in [2.75, 3.05) is 18.6 Å². The van der Waals surface area contributed by atoms with Gasteiger partial charge in [-0.1, -0.05) is 0 Å². The Bertz CT molecular complexity index is 529. The molecule has 0 saturated carbocycles. The molecular weight excluding hydrogens is 264 g/mol. The molecule has 7 heteroatoms. The van der Waals surface area contributed by atoms with Crippen LogP contribution in [0, 0.1) is 0 Å². The molecule has 0 amide bonds. The number of nitrogens with one attached hydrogen (secondary N) is 1. The maximum Gasteiger partial charge on any atom is 0.158 e. The van der Waals surface area contributed by atoms with E-state index in [1.54, 1.807) is 11.3 Å². The van der Waals surface area contributed by atoms with Crippen LogP contribution in [0.5, 0.6) is 0 Å². The van der Waals surface area contributed by atoms with Crippen molar-refractivity contribution in [3.05, 3.63) is 17.3 Å². The summed E-state index contributed by atoms with van der Waals surface area (Å²) in [6.07, 6.45) is 0.218. The topological polar surface area (TPSA) is 82.3 Å². The van der Waals surface area contributed by atoms with Crippen LogP contribution in [0.25, 0.3) is 10.2 Å². The lowest BCUT2D eigenvalue weighted by atomic mass is 10.4. The first-order chi connectivity index (χ1) is 9.20. The predicted molar refractivity (Wildman–Crippen MR) is 76.0 cm³/mol. The summed E-state index contributed by atoms with van der Waals surface area (Å²) in [5.74, 6) is 6.70. The van der Waals surface area contributed by atoms with E-state index in [2.05, 4.69) is 15.4 Å². The molecule has 2 heterocycles. The number of anilines is 1. The highest BCUT2D eigenvalue weighted by Crippen LogP contribution is 2.24. The van der Waals surface area contributed by atoms with Crippen LogP contribution in [0.4, 0.5) is 5.82 Å². The minimum atomic E-state index is 0.218. The maximum absolute atomic E-state index is 5.48. The second kappa shape index (κ2) is 6.76. The fourth-order valence-electron chi connectivity index (χ4n) is 1.58. The molecule has 0 atom stereocenters. The van der Waals surface area contributed by atoms with Crippen LogP contribution in [0.1, 0.15) is 19.7 Å². The first-order valence-corrected chi connectivity index (χ1v) is 6.98. The van der Waals surface area contributed by atoms with Crippen LogP contribution in [0.3, 0.4) is 0 Å². The van der Waals surface area contributed by atoms with Gasteiger partial charge in [0.2, 0.25) is 0 Å². The normalized spacial score (nSPS) is 11.4. The Balaban J connectivity index is 1.93. The number of nitrogens with two attached hydrogens (primary N) is 1. The van der Waals surface area contributed by atoms with Gasteiger partial charge in [-0.15, -0.1) is 11.3 Å². The number of fused-ring (bicyclic) bond motifs is 1. The van der Waals surface area contributed by atoms with Crippen molar-refractivity contribution in [1.82, 2.24) is 9.97 Å². The lowest BCUT2D eigenvalue weighted by Crippen LogP contribution is -2.12. The minimum Gasteiger partial charge on any atom is -0.376 e. The summed E-state index contributed by atoms with van der Waals surface area (Å²) in [5, 5.41) is 2.89. The van der Waals surface area contributed by atoms with E-state index in [0.717, 1.165) is 10.2 Å². The van der Waals surface area contributed by atoms with Crippen molar-refractivity contribution in [3.8, 4) is 0 Å². The van der Waals surface area contributed by atoms with Crippen molar-refractivity contribution in [1.29, 1.82) is 0 Å². The number of hydrogen-bond donors (Lipinski definition) is 2. The van der Waals surface area contributed by atoms with Gasteiger partial charge in [-0.05, 0) is 25.3 Å². The Morgan fingerprint density at radius 3 is 2.95 bits per heavy atom. The molecule has 19 heavy (non-hydrogen) atoms. The Morgan fingerprint density at radius 2 is 2.21 bits per heavy atom. The van der Waals surface area contributed by atoms with Crippen molar-refractivity contribution >= 4 is 27.4 Å². The zero-order valence-corrected chi connectivity index (χ0v) is 11.9. The van der Waals surface area contributed by atoms with Gasteiger partial charge in [-0.25, -0.2) is 15.8 Å². The molecule has 0 aliphatic heterocycles. The van der Waals surface area contributed by atoms with Gasteiger partial charge in [-0.3, -0.25) is 0 Å². The minimum absolute atomic E-state index is 0.218. The Morgan fingerprint density at radius 1 is 1.37 bits per heavy atom. The van der Waals surface area contributed by atoms with Crippen LogP contribution < -0.4 is 11.3 Å². The average molecular weight is 282 g/mol.